The van der Waals surface area contributed by atoms with Crippen molar-refractivity contribution in [1.82, 2.24) is 0 Å². The summed E-state index contributed by atoms with van der Waals surface area (Å²) in [6, 6.07) is 0. The van der Waals surface area contributed by atoms with Gasteiger partial charge < -0.3 is 0 Å². The minimum Gasteiger partial charge on any atom is -0.0846 e. The van der Waals surface area contributed by atoms with Gasteiger partial charge in [0.05, 0.1) is 0 Å². The van der Waals surface area contributed by atoms with Crippen LogP contribution in [0.5, 0.6) is 0 Å². The highest BCUT2D eigenvalue weighted by Crippen LogP contribution is 2.07. The van der Waals surface area contributed by atoms with Crippen molar-refractivity contribution in [2.24, 2.45) is 0 Å². The van der Waals surface area contributed by atoms with Crippen molar-refractivity contribution in [2.45, 2.75) is 71.6 Å². The maximum Gasteiger partial charge on any atom is -0.0348 e. The van der Waals surface area contributed by atoms with Crippen LogP contribution in [0.2, 0.25) is 0 Å². The number of unbranched alkanes of at least 4 members (excludes halogenated alkanes) is 7. The average Bonchev–Trinajstić information content (AvgIpc) is 2.26. The van der Waals surface area contributed by atoms with E-state index >= 15 is 0 Å². The third kappa shape index (κ3) is 13.5. The first kappa shape index (κ1) is 14.5. The monoisotopic (exact) mass is 208 g/mol. The van der Waals surface area contributed by atoms with Crippen LogP contribution in [0.25, 0.3) is 0 Å². The first-order chi connectivity index (χ1) is 7.41. The van der Waals surface area contributed by atoms with Crippen LogP contribution >= 0.6 is 0 Å². The fourth-order valence-corrected chi connectivity index (χ4v) is 1.56. The van der Waals surface area contributed by atoms with Crippen LogP contribution < -0.4 is 0 Å². The minimum atomic E-state index is 1.21. The van der Waals surface area contributed by atoms with Gasteiger partial charge in [-0.15, -0.1) is 0 Å². The summed E-state index contributed by atoms with van der Waals surface area (Å²) in [5.74, 6) is 0. The van der Waals surface area contributed by atoms with Crippen molar-refractivity contribution in [1.29, 1.82) is 0 Å². The van der Waals surface area contributed by atoms with Crippen molar-refractivity contribution in [3.05, 3.63) is 24.3 Å². The van der Waals surface area contributed by atoms with E-state index in [2.05, 4.69) is 38.2 Å². The Morgan fingerprint density at radius 2 is 1.20 bits per heavy atom. The number of hydrogen-bond donors (Lipinski definition) is 0. The predicted octanol–water partition coefficient (Wildman–Crippen LogP) is 5.65. The molecule has 0 heterocycles. The summed E-state index contributed by atoms with van der Waals surface area (Å²) in [4.78, 5) is 0. The van der Waals surface area contributed by atoms with E-state index in [4.69, 9.17) is 0 Å². The number of rotatable bonds is 10. The summed E-state index contributed by atoms with van der Waals surface area (Å²) in [6.07, 6.45) is 21.0. The quantitative estimate of drug-likeness (QED) is 0.321. The topological polar surface area (TPSA) is 0 Å². The van der Waals surface area contributed by atoms with Gasteiger partial charge in [-0.05, 0) is 19.3 Å². The maximum atomic E-state index is 2.30. The van der Waals surface area contributed by atoms with E-state index in [1.165, 1.54) is 57.8 Å². The molecule has 0 rings (SSSR count). The SMILES string of the molecule is CCCC=C/C=C/CCCCCCCC. The Kier molecular flexibility index (Phi) is 13.0. The molecular weight excluding hydrogens is 180 g/mol. The lowest BCUT2D eigenvalue weighted by atomic mass is 10.1. The van der Waals surface area contributed by atoms with Crippen molar-refractivity contribution in [3.8, 4) is 0 Å². The smallest absolute Gasteiger partial charge is 0.0348 e. The highest BCUT2D eigenvalue weighted by atomic mass is 13.9. The third-order valence-electron chi connectivity index (χ3n) is 2.56. The Morgan fingerprint density at radius 1 is 0.600 bits per heavy atom. The normalized spacial score (nSPS) is 11.9. The molecule has 0 nitrogen and oxygen atoms in total. The molecule has 0 heteroatoms. The molecule has 0 aromatic carbocycles. The van der Waals surface area contributed by atoms with E-state index in [9.17, 15) is 0 Å². The summed E-state index contributed by atoms with van der Waals surface area (Å²) in [6.45, 7) is 4.48. The van der Waals surface area contributed by atoms with Crippen LogP contribution in [-0.4, -0.2) is 0 Å². The van der Waals surface area contributed by atoms with Crippen LogP contribution in [0.1, 0.15) is 71.6 Å². The zero-order valence-electron chi connectivity index (χ0n) is 10.7. The second kappa shape index (κ2) is 13.5. The van der Waals surface area contributed by atoms with Crippen molar-refractivity contribution in [3.63, 3.8) is 0 Å². The fourth-order valence-electron chi connectivity index (χ4n) is 1.56. The van der Waals surface area contributed by atoms with E-state index < -0.39 is 0 Å². The van der Waals surface area contributed by atoms with Gasteiger partial charge in [-0.1, -0.05) is 76.7 Å². The molecule has 0 aromatic rings. The Balaban J connectivity index is 3.09. The lowest BCUT2D eigenvalue weighted by molar-refractivity contribution is 0.611. The molecule has 0 amide bonds. The largest absolute Gasteiger partial charge is 0.0846 e. The molecule has 0 aliphatic heterocycles. The van der Waals surface area contributed by atoms with E-state index in [0.717, 1.165) is 0 Å². The molecule has 15 heavy (non-hydrogen) atoms. The predicted molar refractivity (Wildman–Crippen MR) is 71.2 cm³/mol. The maximum absolute atomic E-state index is 2.30. The van der Waals surface area contributed by atoms with Crippen molar-refractivity contribution < 1.29 is 0 Å². The number of allylic oxidation sites excluding steroid dienone is 4. The summed E-state index contributed by atoms with van der Waals surface area (Å²) >= 11 is 0. The van der Waals surface area contributed by atoms with E-state index in [0.29, 0.717) is 0 Å². The highest BCUT2D eigenvalue weighted by molar-refractivity contribution is 5.02. The first-order valence-corrected chi connectivity index (χ1v) is 6.73. The molecule has 0 atom stereocenters. The standard InChI is InChI=1S/C15H28/c1-3-5-7-9-11-13-15-14-12-10-8-6-4-2/h7,9,11,13H,3-6,8,10,12,14-15H2,1-2H3/b9-7?,13-11+. The molecule has 0 fully saturated rings. The molecule has 0 aromatic heterocycles. The molecule has 0 saturated carbocycles. The van der Waals surface area contributed by atoms with Gasteiger partial charge in [-0.25, -0.2) is 0 Å². The molecule has 0 N–H and O–H groups in total. The molecule has 0 aliphatic carbocycles. The van der Waals surface area contributed by atoms with Crippen LogP contribution in [0, 0.1) is 0 Å². The molecule has 88 valence electrons. The van der Waals surface area contributed by atoms with Gasteiger partial charge in [0.2, 0.25) is 0 Å². The van der Waals surface area contributed by atoms with Gasteiger partial charge in [-0.3, -0.25) is 0 Å². The van der Waals surface area contributed by atoms with E-state index in [-0.39, 0.29) is 0 Å². The zero-order chi connectivity index (χ0) is 11.2. The number of hydrogen-bond acceptors (Lipinski definition) is 0. The molecule has 0 unspecified atom stereocenters. The van der Waals surface area contributed by atoms with Gasteiger partial charge in [0.1, 0.15) is 0 Å². The summed E-state index contributed by atoms with van der Waals surface area (Å²) in [5.41, 5.74) is 0. The summed E-state index contributed by atoms with van der Waals surface area (Å²) in [7, 11) is 0. The Morgan fingerprint density at radius 3 is 1.87 bits per heavy atom. The average molecular weight is 208 g/mol. The van der Waals surface area contributed by atoms with Gasteiger partial charge in [0.25, 0.3) is 0 Å². The molecule has 0 spiro atoms. The molecule has 0 bridgehead atoms. The first-order valence-electron chi connectivity index (χ1n) is 6.73. The van der Waals surface area contributed by atoms with Gasteiger partial charge in [-0.2, -0.15) is 0 Å². The lowest BCUT2D eigenvalue weighted by Crippen LogP contribution is -1.77. The molecule has 0 saturated heterocycles. The fraction of sp³-hybridized carbons (Fsp3) is 0.733. The van der Waals surface area contributed by atoms with Crippen molar-refractivity contribution >= 4 is 0 Å². The van der Waals surface area contributed by atoms with Crippen LogP contribution in [0.3, 0.4) is 0 Å². The van der Waals surface area contributed by atoms with Gasteiger partial charge in [0.15, 0.2) is 0 Å². The molecule has 0 radical (unpaired) electrons. The van der Waals surface area contributed by atoms with Crippen LogP contribution in [0.4, 0.5) is 0 Å². The highest BCUT2D eigenvalue weighted by Gasteiger charge is 1.87. The second-order valence-electron chi connectivity index (χ2n) is 4.20. The zero-order valence-corrected chi connectivity index (χ0v) is 10.7. The van der Waals surface area contributed by atoms with Gasteiger partial charge >= 0.3 is 0 Å². The Labute approximate surface area is 96.5 Å². The summed E-state index contributed by atoms with van der Waals surface area (Å²) in [5, 5.41) is 0. The molecule has 0 aliphatic rings. The Bertz CT molecular complexity index is 153. The molecular formula is C15H28. The summed E-state index contributed by atoms with van der Waals surface area (Å²) < 4.78 is 0. The van der Waals surface area contributed by atoms with Gasteiger partial charge in [0, 0.05) is 0 Å². The van der Waals surface area contributed by atoms with Crippen LogP contribution in [0.15, 0.2) is 24.3 Å². The lowest BCUT2D eigenvalue weighted by Gasteiger charge is -1.97. The van der Waals surface area contributed by atoms with E-state index in [1.54, 1.807) is 0 Å². The van der Waals surface area contributed by atoms with Crippen molar-refractivity contribution in [2.75, 3.05) is 0 Å². The second-order valence-corrected chi connectivity index (χ2v) is 4.20. The minimum absolute atomic E-state index is 1.21. The Hall–Kier alpha value is -0.520. The third-order valence-corrected chi connectivity index (χ3v) is 2.56. The van der Waals surface area contributed by atoms with Crippen LogP contribution in [-0.2, 0) is 0 Å². The van der Waals surface area contributed by atoms with E-state index in [1.807, 2.05) is 0 Å².